The van der Waals surface area contributed by atoms with E-state index in [4.69, 9.17) is 16.6 Å². The molecule has 0 atom stereocenters. The maximum Gasteiger partial charge on any atom is 0.263 e. The molecule has 29 heavy (non-hydrogen) atoms. The van der Waals surface area contributed by atoms with Crippen LogP contribution in [0.15, 0.2) is 53.4 Å². The van der Waals surface area contributed by atoms with Gasteiger partial charge in [-0.15, -0.1) is 0 Å². The SMILES string of the molecule is Cc1c(Cl)cccc1S(=O)(=O)Nc1cc2ccccc2c(N2CCN(C)CC2)n1. The Morgan fingerprint density at radius 3 is 2.52 bits per heavy atom. The number of nitrogens with one attached hydrogen (secondary N) is 1. The van der Waals surface area contributed by atoms with Gasteiger partial charge in [-0.1, -0.05) is 41.9 Å². The van der Waals surface area contributed by atoms with Gasteiger partial charge in [0.15, 0.2) is 0 Å². The Hall–Kier alpha value is -2.35. The third-order valence-corrected chi connectivity index (χ3v) is 7.18. The second-order valence-electron chi connectivity index (χ2n) is 7.31. The van der Waals surface area contributed by atoms with E-state index < -0.39 is 10.0 Å². The first-order chi connectivity index (χ1) is 13.8. The van der Waals surface area contributed by atoms with Crippen molar-refractivity contribution in [3.8, 4) is 0 Å². The molecule has 0 radical (unpaired) electrons. The number of anilines is 2. The summed E-state index contributed by atoms with van der Waals surface area (Å²) in [6, 6.07) is 14.5. The van der Waals surface area contributed by atoms with Gasteiger partial charge in [0.05, 0.1) is 4.90 Å². The first-order valence-corrected chi connectivity index (χ1v) is 11.3. The van der Waals surface area contributed by atoms with Gasteiger partial charge >= 0.3 is 0 Å². The van der Waals surface area contributed by atoms with Gasteiger partial charge in [0, 0.05) is 36.6 Å². The van der Waals surface area contributed by atoms with Gasteiger partial charge in [-0.3, -0.25) is 4.72 Å². The summed E-state index contributed by atoms with van der Waals surface area (Å²) in [6.07, 6.45) is 0. The van der Waals surface area contributed by atoms with Crippen LogP contribution < -0.4 is 9.62 Å². The van der Waals surface area contributed by atoms with Crippen molar-refractivity contribution < 1.29 is 8.42 Å². The molecule has 0 bridgehead atoms. The van der Waals surface area contributed by atoms with E-state index in [1.54, 1.807) is 31.2 Å². The molecule has 1 aliphatic rings. The maximum absolute atomic E-state index is 13.0. The minimum Gasteiger partial charge on any atom is -0.353 e. The Bertz CT molecular complexity index is 1160. The first-order valence-electron chi connectivity index (χ1n) is 9.46. The first kappa shape index (κ1) is 19.9. The zero-order valence-electron chi connectivity index (χ0n) is 16.4. The van der Waals surface area contributed by atoms with Gasteiger partial charge in [0.1, 0.15) is 11.6 Å². The van der Waals surface area contributed by atoms with Crippen LogP contribution in [0.25, 0.3) is 10.8 Å². The summed E-state index contributed by atoms with van der Waals surface area (Å²) in [7, 11) is -1.72. The number of sulfonamides is 1. The van der Waals surface area contributed by atoms with Gasteiger partial charge in [-0.2, -0.15) is 0 Å². The second-order valence-corrected chi connectivity index (χ2v) is 9.37. The molecular formula is C21H23ClN4O2S. The highest BCUT2D eigenvalue weighted by atomic mass is 35.5. The molecule has 152 valence electrons. The number of benzene rings is 2. The van der Waals surface area contributed by atoms with E-state index >= 15 is 0 Å². The van der Waals surface area contributed by atoms with Crippen molar-refractivity contribution in [1.29, 1.82) is 0 Å². The van der Waals surface area contributed by atoms with E-state index in [2.05, 4.69) is 21.6 Å². The summed E-state index contributed by atoms with van der Waals surface area (Å²) in [5.74, 6) is 1.11. The molecule has 1 fully saturated rings. The standard InChI is InChI=1S/C21H23ClN4O2S/c1-15-18(22)8-5-9-19(15)29(27,28)24-20-14-16-6-3-4-7-17(16)21(23-20)26-12-10-25(2)11-13-26/h3-9,14H,10-13H2,1-2H3,(H,23,24). The molecule has 4 rings (SSSR count). The highest BCUT2D eigenvalue weighted by molar-refractivity contribution is 7.92. The minimum atomic E-state index is -3.82. The van der Waals surface area contributed by atoms with Crippen molar-refractivity contribution in [3.63, 3.8) is 0 Å². The summed E-state index contributed by atoms with van der Waals surface area (Å²) in [6.45, 7) is 5.26. The Balaban J connectivity index is 1.75. The summed E-state index contributed by atoms with van der Waals surface area (Å²) < 4.78 is 28.7. The number of likely N-dealkylation sites (N-methyl/N-ethyl adjacent to an activating group) is 1. The molecule has 0 saturated carbocycles. The van der Waals surface area contributed by atoms with E-state index in [1.165, 1.54) is 0 Å². The van der Waals surface area contributed by atoms with Crippen molar-refractivity contribution in [2.24, 2.45) is 0 Å². The molecule has 6 nitrogen and oxygen atoms in total. The Kier molecular flexibility index (Phi) is 5.38. The molecule has 1 saturated heterocycles. The zero-order valence-corrected chi connectivity index (χ0v) is 18.0. The molecular weight excluding hydrogens is 408 g/mol. The van der Waals surface area contributed by atoms with Crippen LogP contribution in [0.5, 0.6) is 0 Å². The van der Waals surface area contributed by atoms with Crippen LogP contribution in [0.4, 0.5) is 11.6 Å². The number of hydrogen-bond donors (Lipinski definition) is 1. The monoisotopic (exact) mass is 430 g/mol. The maximum atomic E-state index is 13.0. The van der Waals surface area contributed by atoms with Gasteiger partial charge in [-0.25, -0.2) is 13.4 Å². The lowest BCUT2D eigenvalue weighted by molar-refractivity contribution is 0.312. The fourth-order valence-corrected chi connectivity index (χ4v) is 5.05. The van der Waals surface area contributed by atoms with E-state index in [9.17, 15) is 8.42 Å². The number of halogens is 1. The van der Waals surface area contributed by atoms with Crippen molar-refractivity contribution >= 4 is 44.0 Å². The normalized spacial score (nSPS) is 15.6. The highest BCUT2D eigenvalue weighted by Gasteiger charge is 2.22. The van der Waals surface area contributed by atoms with Crippen LogP contribution in [0, 0.1) is 6.92 Å². The van der Waals surface area contributed by atoms with Gasteiger partial charge < -0.3 is 9.80 Å². The van der Waals surface area contributed by atoms with Crippen molar-refractivity contribution in [2.75, 3.05) is 42.8 Å². The lowest BCUT2D eigenvalue weighted by Gasteiger charge is -2.34. The molecule has 3 aromatic rings. The van der Waals surface area contributed by atoms with E-state index in [0.29, 0.717) is 16.4 Å². The van der Waals surface area contributed by atoms with Crippen LogP contribution in [0.2, 0.25) is 5.02 Å². The third kappa shape index (κ3) is 4.03. The Labute approximate surface area is 176 Å². The van der Waals surface area contributed by atoms with Crippen molar-refractivity contribution in [1.82, 2.24) is 9.88 Å². The number of nitrogens with zero attached hydrogens (tertiary/aromatic N) is 3. The van der Waals surface area contributed by atoms with Crippen LogP contribution >= 0.6 is 11.6 Å². The predicted octanol–water partition coefficient (Wildman–Crippen LogP) is 3.75. The minimum absolute atomic E-state index is 0.154. The summed E-state index contributed by atoms with van der Waals surface area (Å²) in [4.78, 5) is 9.33. The fraction of sp³-hybridized carbons (Fsp3) is 0.286. The quantitative estimate of drug-likeness (QED) is 0.682. The van der Waals surface area contributed by atoms with Gasteiger partial charge in [0.2, 0.25) is 0 Å². The van der Waals surface area contributed by atoms with Crippen LogP contribution in [0.1, 0.15) is 5.56 Å². The predicted molar refractivity (Wildman–Crippen MR) is 118 cm³/mol. The lowest BCUT2D eigenvalue weighted by atomic mass is 10.1. The number of rotatable bonds is 4. The highest BCUT2D eigenvalue weighted by Crippen LogP contribution is 2.30. The van der Waals surface area contributed by atoms with E-state index in [0.717, 1.165) is 42.8 Å². The van der Waals surface area contributed by atoms with Crippen LogP contribution in [-0.4, -0.2) is 51.5 Å². The topological polar surface area (TPSA) is 65.5 Å². The van der Waals surface area contributed by atoms with E-state index in [1.807, 2.05) is 24.3 Å². The molecule has 1 aromatic heterocycles. The smallest absolute Gasteiger partial charge is 0.263 e. The Morgan fingerprint density at radius 1 is 1.03 bits per heavy atom. The molecule has 0 aliphatic carbocycles. The van der Waals surface area contributed by atoms with Crippen LogP contribution in [0.3, 0.4) is 0 Å². The molecule has 0 amide bonds. The molecule has 1 aliphatic heterocycles. The van der Waals surface area contributed by atoms with E-state index in [-0.39, 0.29) is 4.90 Å². The van der Waals surface area contributed by atoms with Crippen molar-refractivity contribution in [2.45, 2.75) is 11.8 Å². The van der Waals surface area contributed by atoms with Gasteiger partial charge in [-0.05, 0) is 43.1 Å². The molecule has 2 heterocycles. The summed E-state index contributed by atoms with van der Waals surface area (Å²) in [5.41, 5.74) is 0.516. The largest absolute Gasteiger partial charge is 0.353 e. The zero-order chi connectivity index (χ0) is 20.6. The molecule has 0 unspecified atom stereocenters. The molecule has 1 N–H and O–H groups in total. The van der Waals surface area contributed by atoms with Gasteiger partial charge in [0.25, 0.3) is 10.0 Å². The lowest BCUT2D eigenvalue weighted by Crippen LogP contribution is -2.45. The molecule has 8 heteroatoms. The molecule has 0 spiro atoms. The van der Waals surface area contributed by atoms with Crippen molar-refractivity contribution in [3.05, 3.63) is 59.1 Å². The second kappa shape index (κ2) is 7.82. The number of aromatic nitrogens is 1. The fourth-order valence-electron chi connectivity index (χ4n) is 3.56. The average Bonchev–Trinajstić information content (AvgIpc) is 2.69. The summed E-state index contributed by atoms with van der Waals surface area (Å²) in [5, 5.41) is 2.37. The average molecular weight is 431 g/mol. The number of pyridine rings is 1. The third-order valence-electron chi connectivity index (χ3n) is 5.27. The number of fused-ring (bicyclic) bond motifs is 1. The summed E-state index contributed by atoms with van der Waals surface area (Å²) >= 11 is 6.12. The number of piperazine rings is 1. The van der Waals surface area contributed by atoms with Crippen LogP contribution in [-0.2, 0) is 10.0 Å². The Morgan fingerprint density at radius 2 is 1.76 bits per heavy atom. The molecule has 2 aromatic carbocycles. The number of hydrogen-bond acceptors (Lipinski definition) is 5.